The molecular formula is C22H29Cl2NO. The highest BCUT2D eigenvalue weighted by Crippen LogP contribution is 2.34. The van der Waals surface area contributed by atoms with E-state index in [9.17, 15) is 0 Å². The number of likely N-dealkylation sites (tertiary alicyclic amines) is 1. The maximum atomic E-state index is 6.50. The number of rotatable bonds is 6. The molecule has 0 N–H and O–H groups in total. The molecule has 3 rings (SSSR count). The third-order valence-corrected chi connectivity index (χ3v) is 5.47. The Hall–Kier alpha value is -1.06. The summed E-state index contributed by atoms with van der Waals surface area (Å²) in [5.41, 5.74) is 1.85. The van der Waals surface area contributed by atoms with Gasteiger partial charge in [-0.05, 0) is 56.1 Å². The van der Waals surface area contributed by atoms with Gasteiger partial charge in [-0.25, -0.2) is 0 Å². The summed E-state index contributed by atoms with van der Waals surface area (Å²) in [6, 6.07) is 18.5. The van der Waals surface area contributed by atoms with Crippen LogP contribution in [0.2, 0.25) is 5.02 Å². The van der Waals surface area contributed by atoms with Crippen LogP contribution in [-0.4, -0.2) is 31.1 Å². The van der Waals surface area contributed by atoms with Crippen molar-refractivity contribution in [3.8, 4) is 0 Å². The molecule has 0 aromatic heterocycles. The van der Waals surface area contributed by atoms with Crippen molar-refractivity contribution in [3.05, 3.63) is 70.7 Å². The largest absolute Gasteiger partial charge is 0.365 e. The lowest BCUT2D eigenvalue weighted by Gasteiger charge is -2.32. The Morgan fingerprint density at radius 2 is 1.46 bits per heavy atom. The van der Waals surface area contributed by atoms with E-state index in [2.05, 4.69) is 48.2 Å². The molecule has 1 saturated heterocycles. The molecule has 142 valence electrons. The number of ether oxygens (including phenoxy) is 1. The number of nitrogens with zero attached hydrogens (tertiary/aromatic N) is 1. The van der Waals surface area contributed by atoms with Gasteiger partial charge in [0.2, 0.25) is 0 Å². The standard InChI is InChI=1S/C22H28ClNO.ClH/c1-22(19-9-5-4-6-10-19,20-11-13-21(23)14-12-20)25-18-17-24-15-7-2-3-8-16-24;/h4-6,9-14H,2-3,7-8,15-18H2,1H3;1H. The van der Waals surface area contributed by atoms with Crippen molar-refractivity contribution in [2.24, 2.45) is 0 Å². The van der Waals surface area contributed by atoms with Gasteiger partial charge in [-0.2, -0.15) is 0 Å². The second kappa shape index (κ2) is 10.3. The molecule has 2 nitrogen and oxygen atoms in total. The second-order valence-corrected chi connectivity index (χ2v) is 7.45. The predicted molar refractivity (Wildman–Crippen MR) is 112 cm³/mol. The van der Waals surface area contributed by atoms with Gasteiger partial charge in [-0.3, -0.25) is 0 Å². The topological polar surface area (TPSA) is 12.5 Å². The first kappa shape index (κ1) is 21.2. The lowest BCUT2D eigenvalue weighted by atomic mass is 9.88. The van der Waals surface area contributed by atoms with E-state index in [1.165, 1.54) is 44.3 Å². The molecule has 0 spiro atoms. The van der Waals surface area contributed by atoms with Gasteiger partial charge in [0.25, 0.3) is 0 Å². The van der Waals surface area contributed by atoms with Crippen LogP contribution < -0.4 is 0 Å². The van der Waals surface area contributed by atoms with Crippen molar-refractivity contribution in [2.45, 2.75) is 38.2 Å². The Morgan fingerprint density at radius 1 is 0.885 bits per heavy atom. The average Bonchev–Trinajstić information content (AvgIpc) is 2.92. The summed E-state index contributed by atoms with van der Waals surface area (Å²) in [5.74, 6) is 0. The van der Waals surface area contributed by atoms with Crippen LogP contribution in [0.4, 0.5) is 0 Å². The van der Waals surface area contributed by atoms with Crippen LogP contribution in [0.5, 0.6) is 0 Å². The molecule has 1 unspecified atom stereocenters. The molecule has 2 aromatic carbocycles. The summed E-state index contributed by atoms with van der Waals surface area (Å²) < 4.78 is 6.50. The van der Waals surface area contributed by atoms with Crippen LogP contribution >= 0.6 is 24.0 Å². The van der Waals surface area contributed by atoms with Crippen molar-refractivity contribution in [1.29, 1.82) is 0 Å². The van der Waals surface area contributed by atoms with Gasteiger partial charge in [0.1, 0.15) is 5.60 Å². The highest BCUT2D eigenvalue weighted by molar-refractivity contribution is 6.30. The van der Waals surface area contributed by atoms with Gasteiger partial charge < -0.3 is 9.64 Å². The Bertz CT molecular complexity index is 639. The molecule has 4 heteroatoms. The Kier molecular flexibility index (Phi) is 8.43. The Labute approximate surface area is 168 Å². The Balaban J connectivity index is 0.00000243. The SMILES string of the molecule is CC(OCCN1CCCCCC1)(c1ccccc1)c1ccc(Cl)cc1.Cl. The molecule has 0 aliphatic carbocycles. The first-order valence-electron chi connectivity index (χ1n) is 9.36. The molecule has 0 amide bonds. The smallest absolute Gasteiger partial charge is 0.115 e. The zero-order valence-corrected chi connectivity index (χ0v) is 17.1. The van der Waals surface area contributed by atoms with Crippen LogP contribution in [0, 0.1) is 0 Å². The van der Waals surface area contributed by atoms with E-state index in [0.29, 0.717) is 0 Å². The van der Waals surface area contributed by atoms with Crippen LogP contribution in [-0.2, 0) is 10.3 Å². The van der Waals surface area contributed by atoms with E-state index in [0.717, 1.165) is 23.7 Å². The van der Waals surface area contributed by atoms with E-state index >= 15 is 0 Å². The number of halogens is 2. The van der Waals surface area contributed by atoms with Crippen molar-refractivity contribution >= 4 is 24.0 Å². The number of hydrogen-bond donors (Lipinski definition) is 0. The minimum Gasteiger partial charge on any atom is -0.365 e. The summed E-state index contributed by atoms with van der Waals surface area (Å²) >= 11 is 6.08. The summed E-state index contributed by atoms with van der Waals surface area (Å²) in [6.45, 7) is 6.29. The lowest BCUT2D eigenvalue weighted by molar-refractivity contribution is -0.0141. The molecular weight excluding hydrogens is 365 g/mol. The maximum absolute atomic E-state index is 6.50. The van der Waals surface area contributed by atoms with Crippen molar-refractivity contribution in [1.82, 2.24) is 4.90 Å². The van der Waals surface area contributed by atoms with Crippen molar-refractivity contribution in [3.63, 3.8) is 0 Å². The number of hydrogen-bond acceptors (Lipinski definition) is 2. The molecule has 1 atom stereocenters. The third kappa shape index (κ3) is 5.47. The zero-order valence-electron chi connectivity index (χ0n) is 15.5. The molecule has 1 heterocycles. The maximum Gasteiger partial charge on any atom is 0.115 e. The van der Waals surface area contributed by atoms with Crippen molar-refractivity contribution < 1.29 is 4.74 Å². The quantitative estimate of drug-likeness (QED) is 0.603. The first-order chi connectivity index (χ1) is 12.2. The van der Waals surface area contributed by atoms with Crippen LogP contribution in [0.25, 0.3) is 0 Å². The first-order valence-corrected chi connectivity index (χ1v) is 9.74. The molecule has 0 saturated carbocycles. The summed E-state index contributed by atoms with van der Waals surface area (Å²) in [6.07, 6.45) is 5.36. The van der Waals surface area contributed by atoms with Crippen molar-refractivity contribution in [2.75, 3.05) is 26.2 Å². The normalized spacial score (nSPS) is 17.8. The monoisotopic (exact) mass is 393 g/mol. The predicted octanol–water partition coefficient (Wildman–Crippen LogP) is 5.92. The fourth-order valence-corrected chi connectivity index (χ4v) is 3.72. The molecule has 0 radical (unpaired) electrons. The fourth-order valence-electron chi connectivity index (χ4n) is 3.60. The van der Waals surface area contributed by atoms with Crippen LogP contribution in [0.1, 0.15) is 43.7 Å². The van der Waals surface area contributed by atoms with Gasteiger partial charge in [0, 0.05) is 11.6 Å². The molecule has 2 aromatic rings. The Morgan fingerprint density at radius 3 is 2.08 bits per heavy atom. The summed E-state index contributed by atoms with van der Waals surface area (Å²) in [7, 11) is 0. The molecule has 26 heavy (non-hydrogen) atoms. The van der Waals surface area contributed by atoms with E-state index in [1.54, 1.807) is 0 Å². The lowest BCUT2D eigenvalue weighted by Crippen LogP contribution is -2.34. The van der Waals surface area contributed by atoms with Gasteiger partial charge in [-0.15, -0.1) is 12.4 Å². The molecule has 0 bridgehead atoms. The highest BCUT2D eigenvalue weighted by Gasteiger charge is 2.30. The average molecular weight is 394 g/mol. The minimum absolute atomic E-state index is 0. The molecule has 1 fully saturated rings. The number of benzene rings is 2. The fraction of sp³-hybridized carbons (Fsp3) is 0.455. The van der Waals surface area contributed by atoms with Gasteiger partial charge in [0.05, 0.1) is 6.61 Å². The van der Waals surface area contributed by atoms with E-state index < -0.39 is 5.60 Å². The van der Waals surface area contributed by atoms with Gasteiger partial charge >= 0.3 is 0 Å². The highest BCUT2D eigenvalue weighted by atomic mass is 35.5. The summed E-state index contributed by atoms with van der Waals surface area (Å²) in [4.78, 5) is 2.54. The van der Waals surface area contributed by atoms with Crippen LogP contribution in [0.3, 0.4) is 0 Å². The molecule has 1 aliphatic rings. The van der Waals surface area contributed by atoms with Gasteiger partial charge in [0.15, 0.2) is 0 Å². The second-order valence-electron chi connectivity index (χ2n) is 7.01. The van der Waals surface area contributed by atoms with E-state index in [-0.39, 0.29) is 12.4 Å². The summed E-state index contributed by atoms with van der Waals surface area (Å²) in [5, 5.41) is 0.753. The third-order valence-electron chi connectivity index (χ3n) is 5.22. The zero-order chi connectivity index (χ0) is 17.5. The minimum atomic E-state index is -0.461. The van der Waals surface area contributed by atoms with E-state index in [1.807, 2.05) is 18.2 Å². The van der Waals surface area contributed by atoms with E-state index in [4.69, 9.17) is 16.3 Å². The molecule has 1 aliphatic heterocycles. The van der Waals surface area contributed by atoms with Crippen LogP contribution in [0.15, 0.2) is 54.6 Å². The van der Waals surface area contributed by atoms with Gasteiger partial charge in [-0.1, -0.05) is 66.9 Å².